The summed E-state index contributed by atoms with van der Waals surface area (Å²) in [6.45, 7) is 2.32. The number of hydrogen-bond acceptors (Lipinski definition) is 7. The number of carbonyl (C=O) groups excluding carboxylic acids is 2. The van der Waals surface area contributed by atoms with Crippen molar-refractivity contribution in [1.29, 1.82) is 0 Å². The minimum atomic E-state index is -0.170. The molecule has 1 N–H and O–H groups in total. The summed E-state index contributed by atoms with van der Waals surface area (Å²) >= 11 is 1.74. The molecule has 1 aliphatic heterocycles. The van der Waals surface area contributed by atoms with Crippen molar-refractivity contribution in [1.82, 2.24) is 19.8 Å². The quantitative estimate of drug-likeness (QED) is 0.244. The normalized spacial score (nSPS) is 15.8. The highest BCUT2D eigenvalue weighted by Crippen LogP contribution is 2.34. The molecule has 9 heteroatoms. The van der Waals surface area contributed by atoms with Crippen molar-refractivity contribution in [2.75, 3.05) is 26.7 Å². The Balaban J connectivity index is 1.37. The van der Waals surface area contributed by atoms with Crippen molar-refractivity contribution in [3.63, 3.8) is 0 Å². The fourth-order valence-corrected chi connectivity index (χ4v) is 6.48. The highest BCUT2D eigenvalue weighted by molar-refractivity contribution is 7.99. The summed E-state index contributed by atoms with van der Waals surface area (Å²) in [4.78, 5) is 44.7. The number of esters is 1. The number of fused-ring (bicyclic) bond motifs is 1. The first-order chi connectivity index (χ1) is 18.6. The van der Waals surface area contributed by atoms with Gasteiger partial charge in [-0.3, -0.25) is 19.0 Å². The molecule has 1 aliphatic carbocycles. The van der Waals surface area contributed by atoms with E-state index in [1.165, 1.54) is 26.4 Å². The van der Waals surface area contributed by atoms with Gasteiger partial charge in [0.25, 0.3) is 5.56 Å². The Hall–Kier alpha value is -2.65. The van der Waals surface area contributed by atoms with Gasteiger partial charge >= 0.3 is 5.97 Å². The zero-order valence-electron chi connectivity index (χ0n) is 22.5. The fraction of sp³-hybridized carbons (Fsp3) is 0.586. The standard InChI is InChI=1S/C29H40N4O4S/c1-37-27(35)15-9-4-10-18-30-19-16-26(34)32-20-17-25-24(21-32)28(36)33(22-11-5-2-6-12-22)29(31-25)38-23-13-7-3-8-14-23/h2,5-6,11-12,23,30H,3-4,7-10,13-21H2,1H3. The van der Waals surface area contributed by atoms with E-state index in [0.29, 0.717) is 49.7 Å². The Morgan fingerprint density at radius 3 is 2.61 bits per heavy atom. The van der Waals surface area contributed by atoms with Crippen LogP contribution in [0.1, 0.15) is 75.5 Å². The number of rotatable bonds is 12. The summed E-state index contributed by atoms with van der Waals surface area (Å²) in [5.74, 6) is -0.114. The molecule has 2 aliphatic rings. The van der Waals surface area contributed by atoms with E-state index in [0.717, 1.165) is 55.2 Å². The molecule has 2 heterocycles. The number of benzene rings is 1. The van der Waals surface area contributed by atoms with Gasteiger partial charge in [0.2, 0.25) is 5.91 Å². The van der Waals surface area contributed by atoms with Crippen molar-refractivity contribution < 1.29 is 14.3 Å². The van der Waals surface area contributed by atoms with Crippen molar-refractivity contribution in [2.45, 2.75) is 87.6 Å². The average Bonchev–Trinajstić information content (AvgIpc) is 2.95. The van der Waals surface area contributed by atoms with Gasteiger partial charge in [-0.1, -0.05) is 55.6 Å². The molecule has 0 bridgehead atoms. The zero-order chi connectivity index (χ0) is 26.7. The van der Waals surface area contributed by atoms with Crippen molar-refractivity contribution in [3.8, 4) is 5.69 Å². The van der Waals surface area contributed by atoms with Crippen LogP contribution in [0.3, 0.4) is 0 Å². The summed E-state index contributed by atoms with van der Waals surface area (Å²) < 4.78 is 6.41. The van der Waals surface area contributed by atoms with Crippen LogP contribution in [0.15, 0.2) is 40.3 Å². The molecule has 0 atom stereocenters. The second-order valence-electron chi connectivity index (χ2n) is 10.1. The van der Waals surface area contributed by atoms with Gasteiger partial charge in [-0.15, -0.1) is 0 Å². The third-order valence-electron chi connectivity index (χ3n) is 7.37. The smallest absolute Gasteiger partial charge is 0.305 e. The van der Waals surface area contributed by atoms with E-state index in [-0.39, 0.29) is 17.4 Å². The SMILES string of the molecule is COC(=O)CCCCCNCCC(=O)N1CCc2nc(SC3CCCCC3)n(-c3ccccc3)c(=O)c2C1. The van der Waals surface area contributed by atoms with Crippen LogP contribution in [0.4, 0.5) is 0 Å². The molecule has 38 heavy (non-hydrogen) atoms. The molecule has 0 unspecified atom stereocenters. The molecule has 0 radical (unpaired) electrons. The lowest BCUT2D eigenvalue weighted by Crippen LogP contribution is -2.42. The predicted octanol–water partition coefficient (Wildman–Crippen LogP) is 4.26. The van der Waals surface area contributed by atoms with Gasteiger partial charge in [0.05, 0.1) is 30.6 Å². The van der Waals surface area contributed by atoms with Crippen LogP contribution in [0.5, 0.6) is 0 Å². The molecule has 1 amide bonds. The largest absolute Gasteiger partial charge is 0.469 e. The first-order valence-electron chi connectivity index (χ1n) is 14.0. The highest BCUT2D eigenvalue weighted by Gasteiger charge is 2.28. The van der Waals surface area contributed by atoms with E-state index >= 15 is 0 Å². The summed E-state index contributed by atoms with van der Waals surface area (Å²) in [6.07, 6.45) is 10.3. The number of nitrogens with zero attached hydrogens (tertiary/aromatic N) is 3. The molecule has 2 aromatic rings. The van der Waals surface area contributed by atoms with Crippen molar-refractivity contribution in [3.05, 3.63) is 51.9 Å². The third kappa shape index (κ3) is 7.69. The van der Waals surface area contributed by atoms with Crippen LogP contribution in [-0.2, 0) is 27.3 Å². The Kier molecular flexibility index (Phi) is 10.8. The molecule has 8 nitrogen and oxygen atoms in total. The van der Waals surface area contributed by atoms with Crippen LogP contribution in [0.2, 0.25) is 0 Å². The number of ether oxygens (including phenoxy) is 1. The molecule has 0 spiro atoms. The van der Waals surface area contributed by atoms with Gasteiger partial charge in [0.15, 0.2) is 5.16 Å². The van der Waals surface area contributed by atoms with Crippen LogP contribution in [0, 0.1) is 0 Å². The number of hydrogen-bond donors (Lipinski definition) is 1. The Labute approximate surface area is 229 Å². The summed E-state index contributed by atoms with van der Waals surface area (Å²) in [6, 6.07) is 9.74. The van der Waals surface area contributed by atoms with E-state index in [9.17, 15) is 14.4 Å². The van der Waals surface area contributed by atoms with E-state index in [1.54, 1.807) is 21.2 Å². The molecule has 1 aromatic carbocycles. The predicted molar refractivity (Wildman–Crippen MR) is 150 cm³/mol. The molecule has 1 aromatic heterocycles. The van der Waals surface area contributed by atoms with Crippen molar-refractivity contribution >= 4 is 23.6 Å². The number of nitrogens with one attached hydrogen (secondary N) is 1. The fourth-order valence-electron chi connectivity index (χ4n) is 5.16. The molecule has 1 fully saturated rings. The summed E-state index contributed by atoms with van der Waals surface area (Å²) in [7, 11) is 1.41. The van der Waals surface area contributed by atoms with Crippen LogP contribution in [0.25, 0.3) is 5.69 Å². The number of methoxy groups -OCH3 is 1. The number of carbonyl (C=O) groups is 2. The lowest BCUT2D eigenvalue weighted by Gasteiger charge is -2.30. The van der Waals surface area contributed by atoms with Crippen molar-refractivity contribution in [2.24, 2.45) is 0 Å². The van der Waals surface area contributed by atoms with Gasteiger partial charge in [0, 0.05) is 37.6 Å². The minimum Gasteiger partial charge on any atom is -0.469 e. The lowest BCUT2D eigenvalue weighted by molar-refractivity contribution is -0.140. The molecule has 0 saturated heterocycles. The molecule has 206 valence electrons. The lowest BCUT2D eigenvalue weighted by atomic mass is 10.0. The van der Waals surface area contributed by atoms with Gasteiger partial charge in [-0.2, -0.15) is 0 Å². The summed E-state index contributed by atoms with van der Waals surface area (Å²) in [5.41, 5.74) is 2.25. The number of para-hydroxylation sites is 1. The molecular weight excluding hydrogens is 500 g/mol. The van der Waals surface area contributed by atoms with Crippen LogP contribution >= 0.6 is 11.8 Å². The van der Waals surface area contributed by atoms with E-state index in [4.69, 9.17) is 4.98 Å². The Morgan fingerprint density at radius 1 is 1.05 bits per heavy atom. The second kappa shape index (κ2) is 14.5. The number of amides is 1. The Morgan fingerprint density at radius 2 is 1.84 bits per heavy atom. The highest BCUT2D eigenvalue weighted by atomic mass is 32.2. The van der Waals surface area contributed by atoms with Gasteiger partial charge in [0.1, 0.15) is 0 Å². The topological polar surface area (TPSA) is 93.5 Å². The first kappa shape index (κ1) is 28.4. The molecule has 4 rings (SSSR count). The average molecular weight is 541 g/mol. The maximum absolute atomic E-state index is 13.8. The van der Waals surface area contributed by atoms with Gasteiger partial charge < -0.3 is 15.0 Å². The first-order valence-corrected chi connectivity index (χ1v) is 14.9. The second-order valence-corrected chi connectivity index (χ2v) is 11.4. The maximum Gasteiger partial charge on any atom is 0.305 e. The monoisotopic (exact) mass is 540 g/mol. The minimum absolute atomic E-state index is 0.0536. The number of unbranched alkanes of at least 4 members (excludes halogenated alkanes) is 2. The van der Waals surface area contributed by atoms with E-state index in [1.807, 2.05) is 30.3 Å². The van der Waals surface area contributed by atoms with Gasteiger partial charge in [-0.05, 0) is 44.4 Å². The third-order valence-corrected chi connectivity index (χ3v) is 8.66. The Bertz CT molecular complexity index is 1130. The molecular formula is C29H40N4O4S. The van der Waals surface area contributed by atoms with Crippen LogP contribution < -0.4 is 10.9 Å². The van der Waals surface area contributed by atoms with E-state index in [2.05, 4.69) is 10.1 Å². The number of thioether (sulfide) groups is 1. The zero-order valence-corrected chi connectivity index (χ0v) is 23.3. The van der Waals surface area contributed by atoms with Crippen LogP contribution in [-0.4, -0.2) is 58.3 Å². The summed E-state index contributed by atoms with van der Waals surface area (Å²) in [5, 5.41) is 4.59. The molecule has 1 saturated carbocycles. The van der Waals surface area contributed by atoms with E-state index < -0.39 is 0 Å². The maximum atomic E-state index is 13.8. The van der Waals surface area contributed by atoms with Gasteiger partial charge in [-0.25, -0.2) is 4.98 Å². The number of aromatic nitrogens is 2.